The van der Waals surface area contributed by atoms with Gasteiger partial charge < -0.3 is 10.6 Å². The molecule has 104 valence electrons. The quantitative estimate of drug-likeness (QED) is 0.737. The Morgan fingerprint density at radius 2 is 2.11 bits per heavy atom. The van der Waals surface area contributed by atoms with E-state index in [-0.39, 0.29) is 5.91 Å². The molecule has 0 radical (unpaired) electrons. The number of carbonyl (C=O) groups is 1. The van der Waals surface area contributed by atoms with Gasteiger partial charge in [-0.15, -0.1) is 0 Å². The van der Waals surface area contributed by atoms with Crippen LogP contribution < -0.4 is 10.6 Å². The summed E-state index contributed by atoms with van der Waals surface area (Å²) in [5, 5.41) is 6.60. The van der Waals surface area contributed by atoms with Crippen LogP contribution in [0.5, 0.6) is 0 Å². The van der Waals surface area contributed by atoms with Crippen molar-refractivity contribution in [3.05, 3.63) is 0 Å². The van der Waals surface area contributed by atoms with Crippen LogP contribution in [0.25, 0.3) is 0 Å². The number of nitrogens with one attached hydrogen (secondary N) is 2. The number of piperidine rings is 1. The molecule has 1 aliphatic carbocycles. The molecule has 2 fully saturated rings. The summed E-state index contributed by atoms with van der Waals surface area (Å²) in [6.07, 6.45) is 4.13. The van der Waals surface area contributed by atoms with Crippen molar-refractivity contribution in [3.8, 4) is 0 Å². The van der Waals surface area contributed by atoms with Crippen LogP contribution in [0.2, 0.25) is 0 Å². The van der Waals surface area contributed by atoms with Crippen molar-refractivity contribution < 1.29 is 4.79 Å². The fraction of sp³-hybridized carbons (Fsp3) is 0.929. The molecule has 2 unspecified atom stereocenters. The zero-order chi connectivity index (χ0) is 13.0. The highest BCUT2D eigenvalue weighted by Crippen LogP contribution is 2.28. The molecule has 0 aromatic carbocycles. The Morgan fingerprint density at radius 3 is 2.78 bits per heavy atom. The van der Waals surface area contributed by atoms with E-state index >= 15 is 0 Å². The maximum Gasteiger partial charge on any atom is 0.216 e. The van der Waals surface area contributed by atoms with Crippen molar-refractivity contribution in [1.29, 1.82) is 0 Å². The van der Waals surface area contributed by atoms with Gasteiger partial charge in [-0.2, -0.15) is 0 Å². The SMILES string of the molecule is CC(=O)NCCN1CC(C)CC(NCC2CC2)C1. The summed E-state index contributed by atoms with van der Waals surface area (Å²) in [6.45, 7) is 9.17. The molecule has 18 heavy (non-hydrogen) atoms. The number of nitrogens with zero attached hydrogens (tertiary/aromatic N) is 1. The van der Waals surface area contributed by atoms with Crippen molar-refractivity contribution in [2.45, 2.75) is 39.2 Å². The van der Waals surface area contributed by atoms with E-state index in [0.717, 1.165) is 31.5 Å². The first-order valence-corrected chi connectivity index (χ1v) is 7.33. The van der Waals surface area contributed by atoms with Crippen LogP contribution >= 0.6 is 0 Å². The monoisotopic (exact) mass is 253 g/mol. The Kier molecular flexibility index (Phi) is 5.01. The zero-order valence-electron chi connectivity index (χ0n) is 11.7. The van der Waals surface area contributed by atoms with E-state index in [1.54, 1.807) is 6.92 Å². The van der Waals surface area contributed by atoms with Crippen LogP contribution in [0.3, 0.4) is 0 Å². The Hall–Kier alpha value is -0.610. The van der Waals surface area contributed by atoms with Crippen molar-refractivity contribution in [2.75, 3.05) is 32.7 Å². The summed E-state index contributed by atoms with van der Waals surface area (Å²) in [5.74, 6) is 1.78. The van der Waals surface area contributed by atoms with E-state index < -0.39 is 0 Å². The average molecular weight is 253 g/mol. The summed E-state index contributed by atoms with van der Waals surface area (Å²) < 4.78 is 0. The Balaban J connectivity index is 1.67. The van der Waals surface area contributed by atoms with Crippen LogP contribution in [-0.2, 0) is 4.79 Å². The average Bonchev–Trinajstić information content (AvgIpc) is 3.09. The summed E-state index contributed by atoms with van der Waals surface area (Å²) >= 11 is 0. The van der Waals surface area contributed by atoms with E-state index in [1.165, 1.54) is 32.4 Å². The minimum absolute atomic E-state index is 0.0727. The molecule has 1 saturated carbocycles. The lowest BCUT2D eigenvalue weighted by molar-refractivity contribution is -0.119. The molecule has 4 heteroatoms. The molecule has 4 nitrogen and oxygen atoms in total. The molecule has 2 rings (SSSR count). The number of likely N-dealkylation sites (tertiary alicyclic amines) is 1. The van der Waals surface area contributed by atoms with Gasteiger partial charge in [0, 0.05) is 39.1 Å². The second-order valence-corrected chi connectivity index (χ2v) is 6.13. The van der Waals surface area contributed by atoms with Crippen LogP contribution in [0, 0.1) is 11.8 Å². The third-order valence-corrected chi connectivity index (χ3v) is 3.93. The second kappa shape index (κ2) is 6.53. The zero-order valence-corrected chi connectivity index (χ0v) is 11.7. The van der Waals surface area contributed by atoms with E-state index in [0.29, 0.717) is 6.04 Å². The van der Waals surface area contributed by atoms with Crippen LogP contribution in [0.1, 0.15) is 33.1 Å². The first-order valence-electron chi connectivity index (χ1n) is 7.33. The van der Waals surface area contributed by atoms with Gasteiger partial charge in [0.25, 0.3) is 0 Å². The van der Waals surface area contributed by atoms with E-state index in [4.69, 9.17) is 0 Å². The van der Waals surface area contributed by atoms with Gasteiger partial charge in [-0.05, 0) is 37.6 Å². The van der Waals surface area contributed by atoms with E-state index in [2.05, 4.69) is 22.5 Å². The second-order valence-electron chi connectivity index (χ2n) is 6.13. The number of carbonyl (C=O) groups excluding carboxylic acids is 1. The molecular weight excluding hydrogens is 226 g/mol. The lowest BCUT2D eigenvalue weighted by Crippen LogP contribution is -2.50. The number of rotatable bonds is 6. The van der Waals surface area contributed by atoms with Crippen molar-refractivity contribution in [2.24, 2.45) is 11.8 Å². The van der Waals surface area contributed by atoms with Gasteiger partial charge >= 0.3 is 0 Å². The molecule has 2 N–H and O–H groups in total. The molecule has 1 amide bonds. The van der Waals surface area contributed by atoms with Gasteiger partial charge in [-0.1, -0.05) is 6.92 Å². The van der Waals surface area contributed by atoms with Gasteiger partial charge in [-0.25, -0.2) is 0 Å². The van der Waals surface area contributed by atoms with E-state index in [9.17, 15) is 4.79 Å². The predicted molar refractivity (Wildman–Crippen MR) is 73.4 cm³/mol. The highest BCUT2D eigenvalue weighted by Gasteiger charge is 2.27. The molecular formula is C14H27N3O. The fourth-order valence-electron chi connectivity index (χ4n) is 2.84. The van der Waals surface area contributed by atoms with Gasteiger partial charge in [-0.3, -0.25) is 9.69 Å². The van der Waals surface area contributed by atoms with Gasteiger partial charge in [0.05, 0.1) is 0 Å². The third-order valence-electron chi connectivity index (χ3n) is 3.93. The molecule has 1 saturated heterocycles. The first kappa shape index (κ1) is 13.8. The molecule has 1 aliphatic heterocycles. The summed E-state index contributed by atoms with van der Waals surface area (Å²) in [5.41, 5.74) is 0. The van der Waals surface area contributed by atoms with Crippen molar-refractivity contribution in [3.63, 3.8) is 0 Å². The topological polar surface area (TPSA) is 44.4 Å². The molecule has 1 heterocycles. The molecule has 0 spiro atoms. The molecule has 2 atom stereocenters. The lowest BCUT2D eigenvalue weighted by Gasteiger charge is -2.37. The molecule has 0 aromatic heterocycles. The van der Waals surface area contributed by atoms with E-state index in [1.807, 2.05) is 0 Å². The largest absolute Gasteiger partial charge is 0.355 e. The van der Waals surface area contributed by atoms with Gasteiger partial charge in [0.2, 0.25) is 5.91 Å². The Bertz CT molecular complexity index is 278. The lowest BCUT2D eigenvalue weighted by atomic mass is 9.96. The summed E-state index contributed by atoms with van der Waals surface area (Å²) in [4.78, 5) is 13.3. The maximum atomic E-state index is 10.9. The van der Waals surface area contributed by atoms with Crippen LogP contribution in [0.15, 0.2) is 0 Å². The first-order chi connectivity index (χ1) is 8.63. The molecule has 0 bridgehead atoms. The standard InChI is InChI=1S/C14H27N3O/c1-11-7-14(16-8-13-3-4-13)10-17(9-11)6-5-15-12(2)18/h11,13-14,16H,3-10H2,1-2H3,(H,15,18). The molecule has 0 aromatic rings. The van der Waals surface area contributed by atoms with Crippen molar-refractivity contribution >= 4 is 5.91 Å². The maximum absolute atomic E-state index is 10.9. The summed E-state index contributed by atoms with van der Waals surface area (Å²) in [7, 11) is 0. The number of amides is 1. The highest BCUT2D eigenvalue weighted by atomic mass is 16.1. The number of hydrogen-bond donors (Lipinski definition) is 2. The molecule has 2 aliphatic rings. The van der Waals surface area contributed by atoms with Crippen molar-refractivity contribution in [1.82, 2.24) is 15.5 Å². The third kappa shape index (κ3) is 4.94. The van der Waals surface area contributed by atoms with Crippen LogP contribution in [-0.4, -0.2) is 49.6 Å². The fourth-order valence-corrected chi connectivity index (χ4v) is 2.84. The van der Waals surface area contributed by atoms with Crippen LogP contribution in [0.4, 0.5) is 0 Å². The minimum Gasteiger partial charge on any atom is -0.355 e. The smallest absolute Gasteiger partial charge is 0.216 e. The normalized spacial score (nSPS) is 29.2. The van der Waals surface area contributed by atoms with Gasteiger partial charge in [0.1, 0.15) is 0 Å². The Labute approximate surface area is 110 Å². The Morgan fingerprint density at radius 1 is 1.33 bits per heavy atom. The highest BCUT2D eigenvalue weighted by molar-refractivity contribution is 5.72. The number of hydrogen-bond acceptors (Lipinski definition) is 3. The summed E-state index contributed by atoms with van der Waals surface area (Å²) in [6, 6.07) is 0.645. The predicted octanol–water partition coefficient (Wildman–Crippen LogP) is 0.833. The van der Waals surface area contributed by atoms with Gasteiger partial charge in [0.15, 0.2) is 0 Å². The minimum atomic E-state index is 0.0727.